The topological polar surface area (TPSA) is 106 Å². The quantitative estimate of drug-likeness (QED) is 0.187. The van der Waals surface area contributed by atoms with Crippen LogP contribution in [0, 0.1) is 22.9 Å². The van der Waals surface area contributed by atoms with Crippen LogP contribution in [0.3, 0.4) is 0 Å². The molecule has 0 atom stereocenters. The van der Waals surface area contributed by atoms with Gasteiger partial charge in [0.05, 0.1) is 18.4 Å². The molecule has 5 aromatic rings. The van der Waals surface area contributed by atoms with E-state index in [4.69, 9.17) is 37.2 Å². The zero-order valence-electron chi connectivity index (χ0n) is 23.6. The van der Waals surface area contributed by atoms with Crippen LogP contribution in [0.15, 0.2) is 63.9 Å². The minimum atomic E-state index is -0.723. The third-order valence-electron chi connectivity index (χ3n) is 6.77. The number of benzene rings is 2. The Morgan fingerprint density at radius 3 is 2.43 bits per heavy atom. The van der Waals surface area contributed by atoms with E-state index in [-0.39, 0.29) is 68.7 Å². The summed E-state index contributed by atoms with van der Waals surface area (Å²) in [7, 11) is 0. The van der Waals surface area contributed by atoms with Crippen LogP contribution < -0.4 is 10.3 Å². The summed E-state index contributed by atoms with van der Waals surface area (Å²) in [6, 6.07) is 12.0. The minimum absolute atomic E-state index is 0.0133. The first-order chi connectivity index (χ1) is 21.0. The molecule has 13 heteroatoms. The van der Waals surface area contributed by atoms with Crippen molar-refractivity contribution < 1.29 is 27.2 Å². The van der Waals surface area contributed by atoms with E-state index < -0.39 is 23.0 Å². The largest absolute Gasteiger partial charge is 0.473 e. The van der Waals surface area contributed by atoms with Gasteiger partial charge in [0.25, 0.3) is 5.56 Å². The number of halogens is 5. The smallest absolute Gasteiger partial charge is 0.280 e. The summed E-state index contributed by atoms with van der Waals surface area (Å²) in [6.45, 7) is 6.26. The van der Waals surface area contributed by atoms with Crippen LogP contribution in [0.4, 0.5) is 13.2 Å². The highest BCUT2D eigenvalue weighted by atomic mass is 35.5. The molecule has 1 saturated heterocycles. The number of rotatable bonds is 7. The van der Waals surface area contributed by atoms with Crippen LogP contribution in [0.2, 0.25) is 10.2 Å². The minimum Gasteiger partial charge on any atom is -0.473 e. The van der Waals surface area contributed by atoms with Gasteiger partial charge in [0.2, 0.25) is 5.88 Å². The fraction of sp³-hybridized carbons (Fsp3) is 0.258. The molecule has 0 spiro atoms. The van der Waals surface area contributed by atoms with Crippen molar-refractivity contribution >= 4 is 23.2 Å². The fourth-order valence-corrected chi connectivity index (χ4v) is 4.75. The van der Waals surface area contributed by atoms with E-state index in [2.05, 4.69) is 34.0 Å². The Morgan fingerprint density at radius 1 is 0.977 bits per heavy atom. The molecule has 6 rings (SSSR count). The van der Waals surface area contributed by atoms with Gasteiger partial charge in [-0.1, -0.05) is 49.2 Å². The molecule has 1 fully saturated rings. The van der Waals surface area contributed by atoms with E-state index in [1.165, 1.54) is 36.8 Å². The van der Waals surface area contributed by atoms with Crippen molar-refractivity contribution in [3.05, 3.63) is 110 Å². The summed E-state index contributed by atoms with van der Waals surface area (Å²) in [4.78, 5) is 22.5. The maximum absolute atomic E-state index is 15.0. The van der Waals surface area contributed by atoms with Crippen molar-refractivity contribution in [2.75, 3.05) is 13.2 Å². The molecule has 0 unspecified atom stereocenters. The molecule has 1 aliphatic rings. The maximum Gasteiger partial charge on any atom is 0.280 e. The molecule has 2 aromatic carbocycles. The number of aromatic nitrogens is 4. The SMILES string of the molecule is CC1(C)CCOC1.O=c1cc(-c2nc(Cc3cc(F)c(-c4cccc(OCc5ccc(Cl)cc5F)n4)cc3F)[nH]c2Cl)o[nH]1. The molecule has 1 aliphatic heterocycles. The highest BCUT2D eigenvalue weighted by Crippen LogP contribution is 2.29. The Morgan fingerprint density at radius 2 is 1.77 bits per heavy atom. The predicted molar refractivity (Wildman–Crippen MR) is 159 cm³/mol. The van der Waals surface area contributed by atoms with Gasteiger partial charge in [-0.25, -0.2) is 23.1 Å². The Hall–Kier alpha value is -4.06. The first-order valence-corrected chi connectivity index (χ1v) is 14.3. The molecule has 230 valence electrons. The third kappa shape index (κ3) is 7.71. The highest BCUT2D eigenvalue weighted by molar-refractivity contribution is 6.31. The zero-order chi connectivity index (χ0) is 31.4. The highest BCUT2D eigenvalue weighted by Gasteiger charge is 2.23. The van der Waals surface area contributed by atoms with Gasteiger partial charge in [-0.3, -0.25) is 4.79 Å². The maximum atomic E-state index is 15.0. The number of pyridine rings is 1. The molecule has 4 heterocycles. The second-order valence-corrected chi connectivity index (χ2v) is 11.7. The van der Waals surface area contributed by atoms with E-state index in [1.807, 2.05) is 0 Å². The molecule has 0 aliphatic carbocycles. The molecular formula is C31H27Cl2F3N4O4. The number of hydrogen-bond acceptors (Lipinski definition) is 6. The normalized spacial score (nSPS) is 13.9. The Balaban J connectivity index is 0.000000484. The van der Waals surface area contributed by atoms with Gasteiger partial charge >= 0.3 is 0 Å². The van der Waals surface area contributed by atoms with E-state index in [1.54, 1.807) is 6.07 Å². The summed E-state index contributed by atoms with van der Waals surface area (Å²) in [6.07, 6.45) is 1.12. The summed E-state index contributed by atoms with van der Waals surface area (Å²) < 4.78 is 59.7. The number of aromatic amines is 2. The van der Waals surface area contributed by atoms with Crippen LogP contribution in [0.25, 0.3) is 22.7 Å². The van der Waals surface area contributed by atoms with Gasteiger partial charge in [0.1, 0.15) is 40.7 Å². The Labute approximate surface area is 260 Å². The first kappa shape index (κ1) is 31.4. The van der Waals surface area contributed by atoms with E-state index in [9.17, 15) is 13.6 Å². The van der Waals surface area contributed by atoms with Crippen LogP contribution in [0.5, 0.6) is 5.88 Å². The van der Waals surface area contributed by atoms with E-state index >= 15 is 4.39 Å². The van der Waals surface area contributed by atoms with Gasteiger partial charge in [0.15, 0.2) is 5.76 Å². The molecule has 8 nitrogen and oxygen atoms in total. The average Bonchev–Trinajstić information content (AvgIpc) is 3.69. The van der Waals surface area contributed by atoms with Crippen LogP contribution in [-0.4, -0.2) is 33.3 Å². The number of H-pyrrole nitrogens is 2. The predicted octanol–water partition coefficient (Wildman–Crippen LogP) is 7.75. The lowest BCUT2D eigenvalue weighted by Gasteiger charge is -2.11. The van der Waals surface area contributed by atoms with E-state index in [0.717, 1.165) is 31.4 Å². The van der Waals surface area contributed by atoms with E-state index in [0.29, 0.717) is 5.41 Å². The first-order valence-electron chi connectivity index (χ1n) is 13.5. The second kappa shape index (κ2) is 13.3. The third-order valence-corrected chi connectivity index (χ3v) is 7.27. The lowest BCUT2D eigenvalue weighted by molar-refractivity contribution is 0.167. The number of nitrogens with zero attached hydrogens (tertiary/aromatic N) is 2. The molecule has 0 amide bonds. The monoisotopic (exact) mass is 646 g/mol. The molecular weight excluding hydrogens is 620 g/mol. The van der Waals surface area contributed by atoms with Gasteiger partial charge < -0.3 is 19.0 Å². The molecule has 0 saturated carbocycles. The number of nitrogens with one attached hydrogen (secondary N) is 2. The number of hydrogen-bond donors (Lipinski definition) is 2. The molecule has 3 aromatic heterocycles. The van der Waals surface area contributed by atoms with Crippen molar-refractivity contribution in [2.45, 2.75) is 33.3 Å². The fourth-order valence-electron chi connectivity index (χ4n) is 4.35. The standard InChI is InChI=1S/C25H15Cl2F3N4O3.C6H12O/c26-14-5-4-12(16(28)8-14)11-36-23-3-1-2-19(31-23)15-9-17(29)13(6-18(15)30)7-21-32-24(25(27)33-21)20-10-22(35)34-37-20;1-6(2)3-4-7-5-6/h1-6,8-10H,7,11H2,(H,32,33)(H,34,35);3-5H2,1-2H3. The Bertz CT molecular complexity index is 1830. The van der Waals surface area contributed by atoms with Crippen molar-refractivity contribution in [1.82, 2.24) is 20.1 Å². The van der Waals surface area contributed by atoms with Crippen LogP contribution in [0.1, 0.15) is 37.2 Å². The lowest BCUT2D eigenvalue weighted by Crippen LogP contribution is -2.08. The van der Waals surface area contributed by atoms with Crippen molar-refractivity contribution in [1.29, 1.82) is 0 Å². The molecule has 0 bridgehead atoms. The van der Waals surface area contributed by atoms with Crippen molar-refractivity contribution in [3.8, 4) is 28.6 Å². The molecule has 2 N–H and O–H groups in total. The molecule has 44 heavy (non-hydrogen) atoms. The van der Waals surface area contributed by atoms with Gasteiger partial charge in [-0.05, 0) is 47.7 Å². The van der Waals surface area contributed by atoms with Crippen molar-refractivity contribution in [2.24, 2.45) is 5.41 Å². The zero-order valence-corrected chi connectivity index (χ0v) is 25.2. The van der Waals surface area contributed by atoms with Crippen LogP contribution in [-0.2, 0) is 17.8 Å². The van der Waals surface area contributed by atoms with Crippen LogP contribution >= 0.6 is 23.2 Å². The summed E-state index contributed by atoms with van der Waals surface area (Å²) in [5.74, 6) is -1.52. The number of ether oxygens (including phenoxy) is 2. The van der Waals surface area contributed by atoms with Gasteiger partial charge in [0, 0.05) is 35.2 Å². The Kier molecular flexibility index (Phi) is 9.48. The van der Waals surface area contributed by atoms with Gasteiger partial charge in [-0.15, -0.1) is 0 Å². The van der Waals surface area contributed by atoms with Gasteiger partial charge in [-0.2, -0.15) is 5.16 Å². The second-order valence-electron chi connectivity index (χ2n) is 10.9. The summed E-state index contributed by atoms with van der Waals surface area (Å²) >= 11 is 11.9. The summed E-state index contributed by atoms with van der Waals surface area (Å²) in [5.41, 5.74) is 0.475. The molecule has 0 radical (unpaired) electrons. The lowest BCUT2D eigenvalue weighted by atomic mass is 9.94. The number of imidazole rings is 1. The van der Waals surface area contributed by atoms with Crippen molar-refractivity contribution in [3.63, 3.8) is 0 Å². The summed E-state index contributed by atoms with van der Waals surface area (Å²) in [5, 5.41) is 2.46. The average molecular weight is 647 g/mol.